The minimum Gasteiger partial charge on any atom is -0.253 e. The van der Waals surface area contributed by atoms with Gasteiger partial charge in [0, 0.05) is 6.20 Å². The zero-order valence-electron chi connectivity index (χ0n) is 10.8. The second kappa shape index (κ2) is 5.59. The molecule has 0 atom stereocenters. The molecule has 1 aromatic carbocycles. The van der Waals surface area contributed by atoms with Gasteiger partial charge in [0.25, 0.3) is 0 Å². The first-order chi connectivity index (χ1) is 7.68. The van der Waals surface area contributed by atoms with E-state index in [1.165, 1.54) is 5.56 Å². The molecule has 1 heterocycles. The number of hydrogen-bond donors (Lipinski definition) is 0. The Labute approximate surface area is 97.7 Å². The van der Waals surface area contributed by atoms with E-state index in [-0.39, 0.29) is 0 Å². The van der Waals surface area contributed by atoms with Crippen LogP contribution in [-0.4, -0.2) is 9.97 Å². The van der Waals surface area contributed by atoms with Crippen LogP contribution in [0.5, 0.6) is 0 Å². The monoisotopic (exact) mass is 216 g/mol. The summed E-state index contributed by atoms with van der Waals surface area (Å²) in [6, 6.07) is 6.18. The highest BCUT2D eigenvalue weighted by Crippen LogP contribution is 2.22. The van der Waals surface area contributed by atoms with Crippen molar-refractivity contribution in [3.8, 4) is 0 Å². The Balaban J connectivity index is 0.000000606. The molecule has 1 aromatic heterocycles. The SMILES string of the molecule is CC.Cc1cnc2cccc(C(C)C)c2n1. The molecule has 86 valence electrons. The molecule has 2 aromatic rings. The first-order valence-electron chi connectivity index (χ1n) is 5.91. The molecule has 0 aliphatic carbocycles. The molecule has 2 nitrogen and oxygen atoms in total. The van der Waals surface area contributed by atoms with Crippen LogP contribution >= 0.6 is 0 Å². The van der Waals surface area contributed by atoms with Crippen molar-refractivity contribution in [1.29, 1.82) is 0 Å². The van der Waals surface area contributed by atoms with Gasteiger partial charge in [-0.05, 0) is 24.5 Å². The highest BCUT2D eigenvalue weighted by Gasteiger charge is 2.06. The predicted molar refractivity (Wildman–Crippen MR) is 69.7 cm³/mol. The number of rotatable bonds is 1. The molecule has 0 fully saturated rings. The molecule has 0 radical (unpaired) electrons. The van der Waals surface area contributed by atoms with E-state index < -0.39 is 0 Å². The molecule has 2 heteroatoms. The highest BCUT2D eigenvalue weighted by molar-refractivity contribution is 5.78. The second-order valence-electron chi connectivity index (χ2n) is 3.88. The molecule has 0 saturated carbocycles. The van der Waals surface area contributed by atoms with Crippen molar-refractivity contribution in [3.63, 3.8) is 0 Å². The standard InChI is InChI=1S/C12H14N2.C2H6/c1-8(2)10-5-4-6-11-12(10)14-9(3)7-13-11;1-2/h4-8H,1-3H3;1-2H3. The molecule has 0 unspecified atom stereocenters. The topological polar surface area (TPSA) is 25.8 Å². The van der Waals surface area contributed by atoms with Crippen molar-refractivity contribution in [1.82, 2.24) is 9.97 Å². The van der Waals surface area contributed by atoms with E-state index in [1.807, 2.05) is 39.1 Å². The quantitative estimate of drug-likeness (QED) is 0.717. The predicted octanol–water partition coefficient (Wildman–Crippen LogP) is 4.09. The number of para-hydroxylation sites is 1. The van der Waals surface area contributed by atoms with E-state index in [4.69, 9.17) is 0 Å². The van der Waals surface area contributed by atoms with Crippen LogP contribution in [0.4, 0.5) is 0 Å². The van der Waals surface area contributed by atoms with Crippen molar-refractivity contribution in [2.75, 3.05) is 0 Å². The fraction of sp³-hybridized carbons (Fsp3) is 0.429. The molecule has 0 saturated heterocycles. The summed E-state index contributed by atoms with van der Waals surface area (Å²) in [5.74, 6) is 0.495. The number of hydrogen-bond acceptors (Lipinski definition) is 2. The summed E-state index contributed by atoms with van der Waals surface area (Å²) >= 11 is 0. The van der Waals surface area contributed by atoms with E-state index in [1.54, 1.807) is 0 Å². The fourth-order valence-electron chi connectivity index (χ4n) is 1.61. The van der Waals surface area contributed by atoms with Gasteiger partial charge in [0.1, 0.15) is 0 Å². The van der Waals surface area contributed by atoms with Gasteiger partial charge in [-0.1, -0.05) is 39.8 Å². The lowest BCUT2D eigenvalue weighted by Crippen LogP contribution is -1.94. The van der Waals surface area contributed by atoms with Crippen LogP contribution in [0.3, 0.4) is 0 Å². The van der Waals surface area contributed by atoms with Crippen LogP contribution in [0.1, 0.15) is 44.9 Å². The average Bonchev–Trinajstić information content (AvgIpc) is 2.30. The van der Waals surface area contributed by atoms with Crippen LogP contribution in [0, 0.1) is 6.92 Å². The smallest absolute Gasteiger partial charge is 0.0924 e. The Kier molecular flexibility index (Phi) is 4.41. The maximum Gasteiger partial charge on any atom is 0.0924 e. The number of aryl methyl sites for hydroxylation is 1. The minimum absolute atomic E-state index is 0.495. The van der Waals surface area contributed by atoms with E-state index in [0.717, 1.165) is 16.7 Å². The Morgan fingerprint density at radius 2 is 1.81 bits per heavy atom. The van der Waals surface area contributed by atoms with Gasteiger partial charge < -0.3 is 0 Å². The van der Waals surface area contributed by atoms with Crippen molar-refractivity contribution < 1.29 is 0 Å². The summed E-state index contributed by atoms with van der Waals surface area (Å²) in [6.45, 7) is 10.3. The largest absolute Gasteiger partial charge is 0.253 e. The fourth-order valence-corrected chi connectivity index (χ4v) is 1.61. The molecule has 0 spiro atoms. The Bertz CT molecular complexity index is 461. The Hall–Kier alpha value is -1.44. The van der Waals surface area contributed by atoms with Gasteiger partial charge in [-0.15, -0.1) is 0 Å². The number of nitrogens with zero attached hydrogens (tertiary/aromatic N) is 2. The third kappa shape index (κ3) is 2.57. The summed E-state index contributed by atoms with van der Waals surface area (Å²) in [6.07, 6.45) is 1.81. The van der Waals surface area contributed by atoms with Crippen molar-refractivity contribution in [2.45, 2.75) is 40.5 Å². The lowest BCUT2D eigenvalue weighted by atomic mass is 10.0. The molecule has 0 bridgehead atoms. The van der Waals surface area contributed by atoms with Gasteiger partial charge in [-0.25, -0.2) is 4.98 Å². The van der Waals surface area contributed by atoms with Crippen LogP contribution < -0.4 is 0 Å². The maximum absolute atomic E-state index is 4.53. The number of benzene rings is 1. The third-order valence-electron chi connectivity index (χ3n) is 2.35. The van der Waals surface area contributed by atoms with Crippen LogP contribution in [-0.2, 0) is 0 Å². The molecular weight excluding hydrogens is 196 g/mol. The summed E-state index contributed by atoms with van der Waals surface area (Å²) in [7, 11) is 0. The van der Waals surface area contributed by atoms with E-state index in [9.17, 15) is 0 Å². The summed E-state index contributed by atoms with van der Waals surface area (Å²) in [5, 5.41) is 0. The maximum atomic E-state index is 4.53. The summed E-state index contributed by atoms with van der Waals surface area (Å²) in [5.41, 5.74) is 4.29. The molecule has 2 rings (SSSR count). The van der Waals surface area contributed by atoms with Crippen LogP contribution in [0.25, 0.3) is 11.0 Å². The zero-order valence-corrected chi connectivity index (χ0v) is 10.8. The molecule has 0 aliphatic heterocycles. The lowest BCUT2D eigenvalue weighted by molar-refractivity contribution is 0.871. The number of aromatic nitrogens is 2. The van der Waals surface area contributed by atoms with Crippen molar-refractivity contribution >= 4 is 11.0 Å². The highest BCUT2D eigenvalue weighted by atomic mass is 14.8. The van der Waals surface area contributed by atoms with Gasteiger partial charge in [0.05, 0.1) is 16.7 Å². The van der Waals surface area contributed by atoms with Gasteiger partial charge in [0.2, 0.25) is 0 Å². The van der Waals surface area contributed by atoms with E-state index in [2.05, 4.69) is 29.9 Å². The molecule has 0 N–H and O–H groups in total. The third-order valence-corrected chi connectivity index (χ3v) is 2.35. The van der Waals surface area contributed by atoms with Gasteiger partial charge in [-0.2, -0.15) is 0 Å². The summed E-state index contributed by atoms with van der Waals surface area (Å²) in [4.78, 5) is 8.90. The van der Waals surface area contributed by atoms with Gasteiger partial charge in [-0.3, -0.25) is 4.98 Å². The normalized spacial score (nSPS) is 10.1. The number of fused-ring (bicyclic) bond motifs is 1. The van der Waals surface area contributed by atoms with Crippen molar-refractivity contribution in [3.05, 3.63) is 35.7 Å². The summed E-state index contributed by atoms with van der Waals surface area (Å²) < 4.78 is 0. The van der Waals surface area contributed by atoms with E-state index >= 15 is 0 Å². The molecule has 0 amide bonds. The minimum atomic E-state index is 0.495. The van der Waals surface area contributed by atoms with Crippen molar-refractivity contribution in [2.24, 2.45) is 0 Å². The first-order valence-corrected chi connectivity index (χ1v) is 5.91. The van der Waals surface area contributed by atoms with Crippen LogP contribution in [0.15, 0.2) is 24.4 Å². The second-order valence-corrected chi connectivity index (χ2v) is 3.88. The lowest BCUT2D eigenvalue weighted by Gasteiger charge is -2.08. The van der Waals surface area contributed by atoms with Gasteiger partial charge >= 0.3 is 0 Å². The molecular formula is C14H20N2. The average molecular weight is 216 g/mol. The Morgan fingerprint density at radius 1 is 1.12 bits per heavy atom. The molecule has 0 aliphatic rings. The Morgan fingerprint density at radius 3 is 2.44 bits per heavy atom. The first kappa shape index (κ1) is 12.6. The molecule has 16 heavy (non-hydrogen) atoms. The van der Waals surface area contributed by atoms with Crippen LogP contribution in [0.2, 0.25) is 0 Å². The zero-order chi connectivity index (χ0) is 12.1. The van der Waals surface area contributed by atoms with E-state index in [0.29, 0.717) is 5.92 Å². The van der Waals surface area contributed by atoms with Gasteiger partial charge in [0.15, 0.2) is 0 Å².